The summed E-state index contributed by atoms with van der Waals surface area (Å²) < 4.78 is 0. The monoisotopic (exact) mass is 273 g/mol. The highest BCUT2D eigenvalue weighted by atomic mass is 16.7. The molecule has 0 spiro atoms. The van der Waals surface area contributed by atoms with Gasteiger partial charge in [0.2, 0.25) is 0 Å². The Kier molecular flexibility index (Phi) is 4.41. The maximum atomic E-state index is 8.58. The van der Waals surface area contributed by atoms with E-state index in [1.807, 2.05) is 30.3 Å². The average molecular weight is 273 g/mol. The molecule has 2 aromatic carbocycles. The number of para-hydroxylation sites is 2. The lowest BCUT2D eigenvalue weighted by Gasteiger charge is -2.13. The summed E-state index contributed by atoms with van der Waals surface area (Å²) in [5.41, 5.74) is 2.51. The summed E-state index contributed by atoms with van der Waals surface area (Å²) in [6.07, 6.45) is -0.173. The van der Waals surface area contributed by atoms with Crippen molar-refractivity contribution >= 4 is 11.0 Å². The van der Waals surface area contributed by atoms with Crippen LogP contribution in [0, 0.1) is 0 Å². The number of H-pyrrole nitrogens is 1. The van der Waals surface area contributed by atoms with Crippen molar-refractivity contribution in [2.75, 3.05) is 0 Å². The van der Waals surface area contributed by atoms with Gasteiger partial charge >= 0.3 is 0 Å². The zero-order chi connectivity index (χ0) is 14.4. The third kappa shape index (κ3) is 4.43. The number of aromatic nitrogens is 3. The first-order valence-electron chi connectivity index (χ1n) is 6.01. The fraction of sp³-hybridized carbons (Fsp3) is 0.143. The van der Waals surface area contributed by atoms with Crippen LogP contribution in [-0.2, 0) is 6.42 Å². The molecule has 0 aliphatic heterocycles. The van der Waals surface area contributed by atoms with E-state index in [0.717, 1.165) is 11.0 Å². The van der Waals surface area contributed by atoms with Gasteiger partial charge in [-0.1, -0.05) is 42.5 Å². The van der Waals surface area contributed by atoms with Crippen LogP contribution in [-0.4, -0.2) is 36.7 Å². The number of hydrogen-bond acceptors (Lipinski definition) is 5. The van der Waals surface area contributed by atoms with E-state index in [0.29, 0.717) is 5.56 Å². The van der Waals surface area contributed by atoms with Crippen LogP contribution in [0.2, 0.25) is 0 Å². The Morgan fingerprint density at radius 3 is 1.80 bits per heavy atom. The van der Waals surface area contributed by atoms with Gasteiger partial charge in [-0.25, -0.2) is 0 Å². The van der Waals surface area contributed by atoms with E-state index in [1.54, 1.807) is 24.3 Å². The zero-order valence-corrected chi connectivity index (χ0v) is 10.6. The highest BCUT2D eigenvalue weighted by Gasteiger charge is 2.17. The van der Waals surface area contributed by atoms with E-state index < -0.39 is 5.97 Å². The van der Waals surface area contributed by atoms with Crippen LogP contribution in [0.15, 0.2) is 54.6 Å². The van der Waals surface area contributed by atoms with Crippen LogP contribution in [0.3, 0.4) is 0 Å². The zero-order valence-electron chi connectivity index (χ0n) is 10.6. The molecule has 0 unspecified atom stereocenters. The number of nitrogens with zero attached hydrogens (tertiary/aromatic N) is 2. The van der Waals surface area contributed by atoms with E-state index in [2.05, 4.69) is 15.4 Å². The molecular weight excluding hydrogens is 258 g/mol. The van der Waals surface area contributed by atoms with Gasteiger partial charge in [-0.3, -0.25) is 0 Å². The summed E-state index contributed by atoms with van der Waals surface area (Å²) in [6, 6.07) is 16.5. The van der Waals surface area contributed by atoms with E-state index in [9.17, 15) is 0 Å². The molecule has 0 aliphatic carbocycles. The topological polar surface area (TPSA) is 102 Å². The molecule has 0 fully saturated rings. The molecule has 0 radical (unpaired) electrons. The Hall–Kier alpha value is -2.28. The third-order valence-corrected chi connectivity index (χ3v) is 2.51. The fourth-order valence-corrected chi connectivity index (χ4v) is 1.66. The van der Waals surface area contributed by atoms with Gasteiger partial charge in [0.1, 0.15) is 11.0 Å². The van der Waals surface area contributed by atoms with Crippen molar-refractivity contribution in [3.63, 3.8) is 0 Å². The summed E-state index contributed by atoms with van der Waals surface area (Å²) in [4.78, 5) is 0. The van der Waals surface area contributed by atoms with Crippen molar-refractivity contribution in [2.24, 2.45) is 0 Å². The first-order valence-corrected chi connectivity index (χ1v) is 6.01. The van der Waals surface area contributed by atoms with Gasteiger partial charge in [-0.15, -0.1) is 0 Å². The minimum Gasteiger partial charge on any atom is -0.343 e. The van der Waals surface area contributed by atoms with Gasteiger partial charge < -0.3 is 15.3 Å². The van der Waals surface area contributed by atoms with Gasteiger partial charge in [0.05, 0.1) is 6.42 Å². The molecule has 3 aromatic rings. The Morgan fingerprint density at radius 2 is 1.30 bits per heavy atom. The highest BCUT2D eigenvalue weighted by Crippen LogP contribution is 2.06. The maximum Gasteiger partial charge on any atom is 0.279 e. The molecule has 0 saturated carbocycles. The second-order valence-corrected chi connectivity index (χ2v) is 4.25. The predicted molar refractivity (Wildman–Crippen MR) is 73.4 cm³/mol. The van der Waals surface area contributed by atoms with Gasteiger partial charge in [0.15, 0.2) is 0 Å². The van der Waals surface area contributed by atoms with E-state index >= 15 is 0 Å². The molecule has 20 heavy (non-hydrogen) atoms. The number of rotatable bonds is 2. The maximum absolute atomic E-state index is 8.58. The molecule has 0 saturated heterocycles. The predicted octanol–water partition coefficient (Wildman–Crippen LogP) is 0.818. The Labute approximate surface area is 115 Å². The second-order valence-electron chi connectivity index (χ2n) is 4.25. The SMILES string of the molecule is OC(O)(O)Cc1ccccc1.c1ccc2n[nH]nc2c1. The number of benzene rings is 2. The van der Waals surface area contributed by atoms with Crippen molar-refractivity contribution in [3.05, 3.63) is 60.2 Å². The summed E-state index contributed by atoms with van der Waals surface area (Å²) >= 11 is 0. The van der Waals surface area contributed by atoms with Gasteiger partial charge in [0, 0.05) is 0 Å². The highest BCUT2D eigenvalue weighted by molar-refractivity contribution is 5.72. The molecule has 3 rings (SSSR count). The van der Waals surface area contributed by atoms with Crippen molar-refractivity contribution in [1.29, 1.82) is 0 Å². The van der Waals surface area contributed by atoms with Crippen LogP contribution < -0.4 is 0 Å². The number of aliphatic hydroxyl groups is 3. The molecule has 104 valence electrons. The molecule has 1 heterocycles. The van der Waals surface area contributed by atoms with Crippen molar-refractivity contribution in [1.82, 2.24) is 15.4 Å². The first kappa shape index (κ1) is 14.1. The molecule has 6 heteroatoms. The molecule has 1 aromatic heterocycles. The van der Waals surface area contributed by atoms with Crippen LogP contribution in [0.4, 0.5) is 0 Å². The number of fused-ring (bicyclic) bond motifs is 1. The van der Waals surface area contributed by atoms with Crippen molar-refractivity contribution < 1.29 is 15.3 Å². The molecule has 0 bridgehead atoms. The lowest BCUT2D eigenvalue weighted by atomic mass is 10.1. The van der Waals surface area contributed by atoms with Gasteiger partial charge in [0.25, 0.3) is 5.97 Å². The Bertz CT molecular complexity index is 617. The molecule has 0 amide bonds. The van der Waals surface area contributed by atoms with Gasteiger partial charge in [-0.2, -0.15) is 15.4 Å². The van der Waals surface area contributed by atoms with E-state index in [1.165, 1.54) is 0 Å². The van der Waals surface area contributed by atoms with Crippen LogP contribution in [0.5, 0.6) is 0 Å². The molecule has 4 N–H and O–H groups in total. The minimum atomic E-state index is -2.60. The fourth-order valence-electron chi connectivity index (χ4n) is 1.66. The van der Waals surface area contributed by atoms with Crippen molar-refractivity contribution in [3.8, 4) is 0 Å². The standard InChI is InChI=1S/C8H10O3.C6H5N3/c9-8(10,11)6-7-4-2-1-3-5-7;1-2-4-6-5(3-1)7-9-8-6/h1-5,9-11H,6H2;1-4H,(H,7,8,9). The molecule has 0 atom stereocenters. The molecule has 6 nitrogen and oxygen atoms in total. The average Bonchev–Trinajstić information content (AvgIpc) is 2.87. The van der Waals surface area contributed by atoms with Crippen molar-refractivity contribution in [2.45, 2.75) is 12.4 Å². The largest absolute Gasteiger partial charge is 0.343 e. The van der Waals surface area contributed by atoms with Crippen LogP contribution in [0.25, 0.3) is 11.0 Å². The third-order valence-electron chi connectivity index (χ3n) is 2.51. The quantitative estimate of drug-likeness (QED) is 0.518. The second kappa shape index (κ2) is 6.25. The smallest absolute Gasteiger partial charge is 0.279 e. The van der Waals surface area contributed by atoms with Crippen LogP contribution in [0.1, 0.15) is 5.56 Å². The first-order chi connectivity index (χ1) is 9.54. The normalized spacial score (nSPS) is 10.9. The molecular formula is C14H15N3O3. The van der Waals surface area contributed by atoms with Crippen LogP contribution >= 0.6 is 0 Å². The van der Waals surface area contributed by atoms with E-state index in [4.69, 9.17) is 15.3 Å². The summed E-state index contributed by atoms with van der Waals surface area (Å²) in [5.74, 6) is -2.60. The lowest BCUT2D eigenvalue weighted by molar-refractivity contribution is -0.309. The number of hydrogen-bond donors (Lipinski definition) is 4. The van der Waals surface area contributed by atoms with E-state index in [-0.39, 0.29) is 6.42 Å². The Morgan fingerprint density at radius 1 is 0.800 bits per heavy atom. The number of nitrogens with one attached hydrogen (secondary N) is 1. The minimum absolute atomic E-state index is 0.173. The summed E-state index contributed by atoms with van der Waals surface area (Å²) in [6.45, 7) is 0. The summed E-state index contributed by atoms with van der Waals surface area (Å²) in [5, 5.41) is 36.0. The van der Waals surface area contributed by atoms with Gasteiger partial charge in [-0.05, 0) is 17.7 Å². The lowest BCUT2D eigenvalue weighted by Crippen LogP contribution is -2.29. The molecule has 0 aliphatic rings. The summed E-state index contributed by atoms with van der Waals surface area (Å²) in [7, 11) is 0. The Balaban J connectivity index is 0.000000149. The number of aromatic amines is 1.